The summed E-state index contributed by atoms with van der Waals surface area (Å²) < 4.78 is 69.4. The zero-order chi connectivity index (χ0) is 15.3. The Morgan fingerprint density at radius 3 is 2.05 bits per heavy atom. The Labute approximate surface area is 111 Å². The van der Waals surface area contributed by atoms with Crippen LogP contribution in [0.5, 0.6) is 0 Å². The first-order valence-electron chi connectivity index (χ1n) is 5.48. The molecule has 110 valence electrons. The van der Waals surface area contributed by atoms with Crippen molar-refractivity contribution in [1.29, 1.82) is 0 Å². The van der Waals surface area contributed by atoms with Crippen molar-refractivity contribution in [1.82, 2.24) is 0 Å². The fourth-order valence-corrected chi connectivity index (χ4v) is 1.27. The number of ether oxygens (including phenoxy) is 1. The van der Waals surface area contributed by atoms with Crippen molar-refractivity contribution in [2.75, 3.05) is 18.5 Å². The second kappa shape index (κ2) is 6.88. The Bertz CT molecular complexity index is 516. The molecule has 0 aromatic heterocycles. The van der Waals surface area contributed by atoms with Crippen LogP contribution in [0.25, 0.3) is 0 Å². The van der Waals surface area contributed by atoms with Crippen LogP contribution >= 0.6 is 0 Å². The van der Waals surface area contributed by atoms with Gasteiger partial charge in [-0.1, -0.05) is 6.08 Å². The molecule has 0 radical (unpaired) electrons. The van der Waals surface area contributed by atoms with Gasteiger partial charge in [0.25, 0.3) is 0 Å². The molecule has 0 atom stereocenters. The molecular weight excluding hydrogens is 285 g/mol. The van der Waals surface area contributed by atoms with E-state index in [0.29, 0.717) is 0 Å². The number of hydrogen-bond donors (Lipinski definition) is 1. The summed E-state index contributed by atoms with van der Waals surface area (Å²) in [7, 11) is 0. The summed E-state index contributed by atoms with van der Waals surface area (Å²) in [6.45, 7) is 1.41. The predicted octanol–water partition coefficient (Wildman–Crippen LogP) is 2.91. The fourth-order valence-electron chi connectivity index (χ4n) is 1.27. The Morgan fingerprint density at radius 2 is 1.55 bits per heavy atom. The minimum Gasteiger partial charge on any atom is -0.463 e. The minimum atomic E-state index is -2.23. The van der Waals surface area contributed by atoms with Gasteiger partial charge in [-0.3, -0.25) is 0 Å². The SMILES string of the molecule is CCOC(=O)/C=C/CNc1c(F)c(F)c(F)c(F)c1F. The normalized spacial score (nSPS) is 10.9. The number of halogens is 5. The summed E-state index contributed by atoms with van der Waals surface area (Å²) in [6, 6.07) is 0. The molecule has 1 aromatic rings. The summed E-state index contributed by atoms with van der Waals surface area (Å²) in [6.07, 6.45) is 2.08. The van der Waals surface area contributed by atoms with Crippen LogP contribution in [0.15, 0.2) is 12.2 Å². The standard InChI is InChI=1S/C12H10F5NO2/c1-2-20-6(19)4-3-5-18-12-10(16)8(14)7(13)9(15)11(12)17/h3-4,18H,2,5H2,1H3/b4-3+. The lowest BCUT2D eigenvalue weighted by molar-refractivity contribution is -0.137. The summed E-state index contributed by atoms with van der Waals surface area (Å²) in [5.41, 5.74) is -1.16. The van der Waals surface area contributed by atoms with E-state index in [9.17, 15) is 26.7 Å². The zero-order valence-corrected chi connectivity index (χ0v) is 10.3. The number of benzene rings is 1. The first kappa shape index (κ1) is 15.9. The van der Waals surface area contributed by atoms with E-state index in [4.69, 9.17) is 0 Å². The van der Waals surface area contributed by atoms with Gasteiger partial charge in [-0.05, 0) is 6.92 Å². The maximum absolute atomic E-state index is 13.2. The van der Waals surface area contributed by atoms with Crippen molar-refractivity contribution in [3.63, 3.8) is 0 Å². The molecule has 0 amide bonds. The first-order chi connectivity index (χ1) is 9.40. The number of anilines is 1. The van der Waals surface area contributed by atoms with Gasteiger partial charge in [0.05, 0.1) is 6.61 Å². The molecular formula is C12H10F5NO2. The van der Waals surface area contributed by atoms with E-state index in [1.165, 1.54) is 0 Å². The average molecular weight is 295 g/mol. The van der Waals surface area contributed by atoms with Gasteiger partial charge < -0.3 is 10.1 Å². The number of carbonyl (C=O) groups is 1. The molecule has 0 aliphatic rings. The molecule has 0 spiro atoms. The molecule has 0 unspecified atom stereocenters. The lowest BCUT2D eigenvalue weighted by Crippen LogP contribution is -2.10. The number of nitrogens with one attached hydrogen (secondary N) is 1. The molecule has 0 fully saturated rings. The van der Waals surface area contributed by atoms with Crippen LogP contribution in [-0.4, -0.2) is 19.1 Å². The number of esters is 1. The minimum absolute atomic E-state index is 0.147. The molecule has 0 saturated carbocycles. The van der Waals surface area contributed by atoms with Crippen LogP contribution in [0.2, 0.25) is 0 Å². The summed E-state index contributed by atoms with van der Waals surface area (Å²) in [4.78, 5) is 10.9. The van der Waals surface area contributed by atoms with E-state index in [1.54, 1.807) is 6.92 Å². The van der Waals surface area contributed by atoms with E-state index >= 15 is 0 Å². The molecule has 3 nitrogen and oxygen atoms in total. The number of carbonyl (C=O) groups excluding carboxylic acids is 1. The molecule has 1 N–H and O–H groups in total. The Morgan fingerprint density at radius 1 is 1.05 bits per heavy atom. The van der Waals surface area contributed by atoms with Gasteiger partial charge in [0.15, 0.2) is 23.3 Å². The predicted molar refractivity (Wildman–Crippen MR) is 60.5 cm³/mol. The second-order valence-corrected chi connectivity index (χ2v) is 3.48. The van der Waals surface area contributed by atoms with Crippen molar-refractivity contribution in [2.45, 2.75) is 6.92 Å². The fraction of sp³-hybridized carbons (Fsp3) is 0.250. The molecule has 20 heavy (non-hydrogen) atoms. The van der Waals surface area contributed by atoms with Crippen LogP contribution in [0.3, 0.4) is 0 Å². The molecule has 0 heterocycles. The highest BCUT2D eigenvalue weighted by Gasteiger charge is 2.25. The topological polar surface area (TPSA) is 38.3 Å². The second-order valence-electron chi connectivity index (χ2n) is 3.48. The molecule has 0 aliphatic carbocycles. The third-order valence-electron chi connectivity index (χ3n) is 2.15. The summed E-state index contributed by atoms with van der Waals surface area (Å²) in [5.74, 6) is -10.9. The average Bonchev–Trinajstić information content (AvgIpc) is 2.42. The van der Waals surface area contributed by atoms with Gasteiger partial charge in [0.1, 0.15) is 5.69 Å². The Balaban J connectivity index is 2.82. The van der Waals surface area contributed by atoms with E-state index in [2.05, 4.69) is 4.74 Å². The number of hydrogen-bond acceptors (Lipinski definition) is 3. The van der Waals surface area contributed by atoms with Crippen molar-refractivity contribution in [3.05, 3.63) is 41.2 Å². The summed E-state index contributed by atoms with van der Waals surface area (Å²) in [5, 5.41) is 2.00. The maximum Gasteiger partial charge on any atom is 0.330 e. The largest absolute Gasteiger partial charge is 0.463 e. The van der Waals surface area contributed by atoms with Crippen LogP contribution in [-0.2, 0) is 9.53 Å². The van der Waals surface area contributed by atoms with Gasteiger partial charge in [0.2, 0.25) is 5.82 Å². The van der Waals surface area contributed by atoms with Gasteiger partial charge >= 0.3 is 5.97 Å². The highest BCUT2D eigenvalue weighted by molar-refractivity contribution is 5.81. The van der Waals surface area contributed by atoms with E-state index in [1.807, 2.05) is 5.32 Å². The van der Waals surface area contributed by atoms with Crippen LogP contribution in [0, 0.1) is 29.1 Å². The van der Waals surface area contributed by atoms with Crippen molar-refractivity contribution < 1.29 is 31.5 Å². The van der Waals surface area contributed by atoms with Gasteiger partial charge in [-0.2, -0.15) is 0 Å². The maximum atomic E-state index is 13.2. The van der Waals surface area contributed by atoms with E-state index in [-0.39, 0.29) is 13.2 Å². The lowest BCUT2D eigenvalue weighted by Gasteiger charge is -2.08. The highest BCUT2D eigenvalue weighted by atomic mass is 19.2. The zero-order valence-electron chi connectivity index (χ0n) is 10.3. The molecule has 0 bridgehead atoms. The monoisotopic (exact) mass is 295 g/mol. The van der Waals surface area contributed by atoms with Crippen molar-refractivity contribution >= 4 is 11.7 Å². The van der Waals surface area contributed by atoms with Crippen molar-refractivity contribution in [3.8, 4) is 0 Å². The number of rotatable bonds is 5. The van der Waals surface area contributed by atoms with Crippen LogP contribution in [0.4, 0.5) is 27.6 Å². The first-order valence-corrected chi connectivity index (χ1v) is 5.48. The Kier molecular flexibility index (Phi) is 5.48. The lowest BCUT2D eigenvalue weighted by atomic mass is 10.2. The van der Waals surface area contributed by atoms with Crippen molar-refractivity contribution in [2.24, 2.45) is 0 Å². The van der Waals surface area contributed by atoms with Gasteiger partial charge in [0, 0.05) is 12.6 Å². The molecule has 1 aromatic carbocycles. The smallest absolute Gasteiger partial charge is 0.330 e. The van der Waals surface area contributed by atoms with Gasteiger partial charge in [-0.25, -0.2) is 26.7 Å². The quantitative estimate of drug-likeness (QED) is 0.298. The Hall–Kier alpha value is -2.12. The van der Waals surface area contributed by atoms with Gasteiger partial charge in [-0.15, -0.1) is 0 Å². The molecule has 0 aliphatic heterocycles. The van der Waals surface area contributed by atoms with E-state index < -0.39 is 40.7 Å². The van der Waals surface area contributed by atoms with Crippen LogP contribution < -0.4 is 5.32 Å². The molecule has 1 rings (SSSR count). The summed E-state index contributed by atoms with van der Waals surface area (Å²) >= 11 is 0. The van der Waals surface area contributed by atoms with E-state index in [0.717, 1.165) is 12.2 Å². The third kappa shape index (κ3) is 3.46. The molecule has 0 saturated heterocycles. The highest BCUT2D eigenvalue weighted by Crippen LogP contribution is 2.26. The third-order valence-corrected chi connectivity index (χ3v) is 2.15. The van der Waals surface area contributed by atoms with Crippen LogP contribution in [0.1, 0.15) is 6.92 Å². The molecule has 8 heteroatoms.